The Morgan fingerprint density at radius 1 is 1.00 bits per heavy atom. The summed E-state index contributed by atoms with van der Waals surface area (Å²) in [5, 5.41) is 2.89. The van der Waals surface area contributed by atoms with Crippen LogP contribution in [0.5, 0.6) is 5.75 Å². The average molecular weight is 489 g/mol. The fraction of sp³-hybridized carbons (Fsp3) is 0.350. The lowest BCUT2D eigenvalue weighted by Gasteiger charge is -2.14. The van der Waals surface area contributed by atoms with Crippen molar-refractivity contribution >= 4 is 48.7 Å². The minimum atomic E-state index is -4.06. The lowest BCUT2D eigenvalue weighted by Crippen LogP contribution is -2.25. The van der Waals surface area contributed by atoms with Crippen molar-refractivity contribution in [2.24, 2.45) is 0 Å². The van der Waals surface area contributed by atoms with E-state index in [1.165, 1.54) is 49.6 Å². The van der Waals surface area contributed by atoms with E-state index in [0.717, 1.165) is 12.8 Å². The van der Waals surface area contributed by atoms with Gasteiger partial charge in [-0.3, -0.25) is 9.52 Å². The molecule has 0 atom stereocenters. The van der Waals surface area contributed by atoms with Crippen molar-refractivity contribution in [3.05, 3.63) is 47.5 Å². The monoisotopic (exact) mass is 488 g/mol. The van der Waals surface area contributed by atoms with Gasteiger partial charge in [-0.05, 0) is 48.9 Å². The first kappa shape index (κ1) is 25.0. The van der Waals surface area contributed by atoms with Gasteiger partial charge in [0.2, 0.25) is 5.91 Å². The average Bonchev–Trinajstić information content (AvgIpc) is 2.69. The molecular weight excluding hydrogens is 464 g/mol. The first-order valence-electron chi connectivity index (χ1n) is 9.53. The highest BCUT2D eigenvalue weighted by Crippen LogP contribution is 2.29. The first-order chi connectivity index (χ1) is 14.6. The number of hydrogen-bond donors (Lipinski definition) is 2. The summed E-state index contributed by atoms with van der Waals surface area (Å²) in [6.07, 6.45) is 2.13. The van der Waals surface area contributed by atoms with Crippen LogP contribution in [0.25, 0.3) is 0 Å². The number of carbonyl (C=O) groups is 1. The van der Waals surface area contributed by atoms with E-state index >= 15 is 0 Å². The highest BCUT2D eigenvalue weighted by molar-refractivity contribution is 7.93. The van der Waals surface area contributed by atoms with Crippen LogP contribution in [-0.4, -0.2) is 41.4 Å². The number of anilines is 2. The van der Waals surface area contributed by atoms with Gasteiger partial charge in [0.1, 0.15) is 16.4 Å². The zero-order valence-electron chi connectivity index (χ0n) is 17.2. The molecule has 2 aromatic carbocycles. The van der Waals surface area contributed by atoms with Crippen LogP contribution in [0.2, 0.25) is 5.02 Å². The van der Waals surface area contributed by atoms with Crippen molar-refractivity contribution in [1.82, 2.24) is 0 Å². The molecule has 1 amide bonds. The Balaban J connectivity index is 2.19. The maximum Gasteiger partial charge on any atom is 0.265 e. The fourth-order valence-electron chi connectivity index (χ4n) is 2.73. The van der Waals surface area contributed by atoms with E-state index in [0.29, 0.717) is 17.1 Å². The van der Waals surface area contributed by atoms with Crippen molar-refractivity contribution < 1.29 is 26.4 Å². The minimum absolute atomic E-state index is 0.0617. The molecule has 0 saturated heterocycles. The molecule has 31 heavy (non-hydrogen) atoms. The van der Waals surface area contributed by atoms with E-state index in [4.69, 9.17) is 16.3 Å². The second kappa shape index (κ2) is 10.8. The van der Waals surface area contributed by atoms with Crippen LogP contribution in [0.1, 0.15) is 26.2 Å². The number of halogens is 1. The van der Waals surface area contributed by atoms with Gasteiger partial charge in [-0.15, -0.1) is 0 Å². The first-order valence-corrected chi connectivity index (χ1v) is 13.2. The molecule has 11 heteroatoms. The zero-order valence-corrected chi connectivity index (χ0v) is 19.6. The third kappa shape index (κ3) is 7.71. The number of sulfone groups is 1. The number of rotatable bonds is 11. The summed E-state index contributed by atoms with van der Waals surface area (Å²) in [6.45, 7) is 1.95. The topological polar surface area (TPSA) is 119 Å². The smallest absolute Gasteiger partial charge is 0.265 e. The molecule has 0 spiro atoms. The van der Waals surface area contributed by atoms with Crippen molar-refractivity contribution in [1.29, 1.82) is 0 Å². The van der Waals surface area contributed by atoms with Gasteiger partial charge in [-0.25, -0.2) is 16.8 Å². The molecule has 0 aromatic heterocycles. The van der Waals surface area contributed by atoms with Crippen LogP contribution in [-0.2, 0) is 24.7 Å². The van der Waals surface area contributed by atoms with Gasteiger partial charge in [-0.1, -0.05) is 31.4 Å². The lowest BCUT2D eigenvalue weighted by atomic mass is 10.3. The number of sulfonamides is 1. The third-order valence-electron chi connectivity index (χ3n) is 4.24. The summed E-state index contributed by atoms with van der Waals surface area (Å²) < 4.78 is 57.4. The molecule has 0 heterocycles. The largest absolute Gasteiger partial charge is 0.495 e. The lowest BCUT2D eigenvalue weighted by molar-refractivity contribution is -0.113. The summed E-state index contributed by atoms with van der Waals surface area (Å²) in [4.78, 5) is 12.0. The maximum atomic E-state index is 12.8. The molecule has 2 N–H and O–H groups in total. The summed E-state index contributed by atoms with van der Waals surface area (Å²) in [5.41, 5.74) is 0.421. The van der Waals surface area contributed by atoms with Gasteiger partial charge in [0.15, 0.2) is 9.84 Å². The molecular formula is C20H25ClN2O6S2. The van der Waals surface area contributed by atoms with Crippen LogP contribution in [0.3, 0.4) is 0 Å². The summed E-state index contributed by atoms with van der Waals surface area (Å²) in [6, 6.07) is 10.1. The predicted molar refractivity (Wildman–Crippen MR) is 122 cm³/mol. The van der Waals surface area contributed by atoms with Gasteiger partial charge in [0.05, 0.1) is 12.9 Å². The molecule has 8 nitrogen and oxygen atoms in total. The van der Waals surface area contributed by atoms with Gasteiger partial charge in [0.25, 0.3) is 10.0 Å². The highest BCUT2D eigenvalue weighted by atomic mass is 35.5. The predicted octanol–water partition coefficient (Wildman–Crippen LogP) is 3.69. The van der Waals surface area contributed by atoms with E-state index in [9.17, 15) is 21.6 Å². The van der Waals surface area contributed by atoms with Gasteiger partial charge < -0.3 is 10.1 Å². The van der Waals surface area contributed by atoms with E-state index in [1.807, 2.05) is 6.92 Å². The molecule has 0 fully saturated rings. The van der Waals surface area contributed by atoms with Gasteiger partial charge in [-0.2, -0.15) is 0 Å². The van der Waals surface area contributed by atoms with Crippen LogP contribution in [0, 0.1) is 0 Å². The third-order valence-corrected chi connectivity index (χ3v) is 7.51. The van der Waals surface area contributed by atoms with Gasteiger partial charge >= 0.3 is 0 Å². The number of benzene rings is 2. The SMILES string of the molecule is CCCCCS(=O)(=O)CC(=O)Nc1ccc(OC)c(S(=O)(=O)Nc2ccc(Cl)cc2)c1. The molecule has 2 aromatic rings. The number of amides is 1. The van der Waals surface area contributed by atoms with Crippen LogP contribution in [0.4, 0.5) is 11.4 Å². The molecule has 2 rings (SSSR count). The van der Waals surface area contributed by atoms with Crippen LogP contribution >= 0.6 is 11.6 Å². The van der Waals surface area contributed by atoms with Crippen molar-refractivity contribution in [3.8, 4) is 5.75 Å². The Labute approximate surface area is 187 Å². The molecule has 170 valence electrons. The summed E-state index contributed by atoms with van der Waals surface area (Å²) in [5.74, 6) is -1.42. The van der Waals surface area contributed by atoms with Crippen molar-refractivity contribution in [2.45, 2.75) is 31.1 Å². The molecule has 0 unspecified atom stereocenters. The number of unbranched alkanes of at least 4 members (excludes halogenated alkanes) is 2. The number of nitrogens with one attached hydrogen (secondary N) is 2. The Kier molecular flexibility index (Phi) is 8.72. The van der Waals surface area contributed by atoms with Crippen molar-refractivity contribution in [2.75, 3.05) is 28.7 Å². The van der Waals surface area contributed by atoms with Gasteiger partial charge in [0, 0.05) is 16.4 Å². The molecule has 0 aliphatic carbocycles. The number of hydrogen-bond acceptors (Lipinski definition) is 6. The van der Waals surface area contributed by atoms with Crippen molar-refractivity contribution in [3.63, 3.8) is 0 Å². The molecule has 0 bridgehead atoms. The Morgan fingerprint density at radius 2 is 1.65 bits per heavy atom. The summed E-state index contributed by atoms with van der Waals surface area (Å²) in [7, 11) is -6.29. The highest BCUT2D eigenvalue weighted by Gasteiger charge is 2.22. The number of methoxy groups -OCH3 is 1. The minimum Gasteiger partial charge on any atom is -0.495 e. The second-order valence-electron chi connectivity index (χ2n) is 6.83. The molecule has 0 saturated carbocycles. The Hall–Kier alpha value is -2.30. The molecule has 0 aliphatic heterocycles. The van der Waals surface area contributed by atoms with E-state index < -0.39 is 31.5 Å². The van der Waals surface area contributed by atoms with Crippen LogP contribution < -0.4 is 14.8 Å². The number of carbonyl (C=O) groups excluding carboxylic acids is 1. The fourth-order valence-corrected chi connectivity index (χ4v) is 5.37. The molecule has 0 aliphatic rings. The maximum absolute atomic E-state index is 12.8. The number of ether oxygens (including phenoxy) is 1. The second-order valence-corrected chi connectivity index (χ2v) is 11.1. The normalized spacial score (nSPS) is 11.7. The molecule has 0 radical (unpaired) electrons. The van der Waals surface area contributed by atoms with E-state index in [1.54, 1.807) is 0 Å². The quantitative estimate of drug-likeness (QED) is 0.465. The van der Waals surface area contributed by atoms with E-state index in [-0.39, 0.29) is 22.1 Å². The standard InChI is InChI=1S/C20H25ClN2O6S2/c1-3-4-5-12-30(25,26)14-20(24)22-17-10-11-18(29-2)19(13-17)31(27,28)23-16-8-6-15(21)7-9-16/h6-11,13,23H,3-5,12,14H2,1-2H3,(H,22,24). The Bertz CT molecular complexity index is 1120. The van der Waals surface area contributed by atoms with Crippen LogP contribution in [0.15, 0.2) is 47.4 Å². The Morgan fingerprint density at radius 3 is 2.26 bits per heavy atom. The zero-order chi connectivity index (χ0) is 23.1. The summed E-state index contributed by atoms with van der Waals surface area (Å²) >= 11 is 5.82. The van der Waals surface area contributed by atoms with E-state index in [2.05, 4.69) is 10.0 Å².